The molecule has 4 heteroatoms. The van der Waals surface area contributed by atoms with Crippen molar-refractivity contribution in [1.29, 1.82) is 0 Å². The minimum atomic E-state index is -0.483. The lowest BCUT2D eigenvalue weighted by atomic mass is 10.1. The Morgan fingerprint density at radius 3 is 2.31 bits per heavy atom. The summed E-state index contributed by atoms with van der Waals surface area (Å²) in [5.74, 6) is -0.702. The lowest BCUT2D eigenvalue weighted by Gasteiger charge is -2.10. The van der Waals surface area contributed by atoms with Crippen LogP contribution in [0.2, 0.25) is 0 Å². The van der Waals surface area contributed by atoms with E-state index in [4.69, 9.17) is 4.74 Å². The number of ether oxygens (including phenoxy) is 2. The van der Waals surface area contributed by atoms with E-state index in [0.717, 1.165) is 0 Å². The summed E-state index contributed by atoms with van der Waals surface area (Å²) in [5.41, 5.74) is 0. The van der Waals surface area contributed by atoms with Gasteiger partial charge in [0.15, 0.2) is 5.78 Å². The van der Waals surface area contributed by atoms with Crippen LogP contribution in [0.3, 0.4) is 0 Å². The molecule has 1 atom stereocenters. The zero-order valence-corrected chi connectivity index (χ0v) is 8.33. The fraction of sp³-hybridized carbons (Fsp3) is 0.778. The average molecular weight is 188 g/mol. The minimum absolute atomic E-state index is 0.194. The molecule has 0 aliphatic rings. The fourth-order valence-electron chi connectivity index (χ4n) is 0.994. The first-order valence-corrected chi connectivity index (χ1v) is 4.36. The molecule has 0 fully saturated rings. The number of rotatable bonds is 6. The summed E-state index contributed by atoms with van der Waals surface area (Å²) in [6, 6.07) is 0. The standard InChI is InChI=1S/C9H16O4/c1-4-8(12-3)7(10)6-9(11)13-5-2/h8H,4-6H2,1-3H3. The number of methoxy groups -OCH3 is 1. The van der Waals surface area contributed by atoms with Crippen LogP contribution in [0, 0.1) is 0 Å². The number of esters is 1. The fourth-order valence-corrected chi connectivity index (χ4v) is 0.994. The molecule has 0 heterocycles. The molecule has 0 N–H and O–H groups in total. The summed E-state index contributed by atoms with van der Waals surface area (Å²) in [6.45, 7) is 3.84. The predicted octanol–water partition coefficient (Wildman–Crippen LogP) is 0.934. The Kier molecular flexibility index (Phi) is 6.14. The van der Waals surface area contributed by atoms with Crippen molar-refractivity contribution in [2.45, 2.75) is 32.8 Å². The van der Waals surface area contributed by atoms with Gasteiger partial charge in [-0.05, 0) is 13.3 Å². The Balaban J connectivity index is 3.90. The van der Waals surface area contributed by atoms with Gasteiger partial charge in [0.1, 0.15) is 12.5 Å². The molecule has 0 aliphatic carbocycles. The van der Waals surface area contributed by atoms with Gasteiger partial charge in [0, 0.05) is 7.11 Å². The highest BCUT2D eigenvalue weighted by molar-refractivity contribution is 5.97. The maximum atomic E-state index is 11.3. The summed E-state index contributed by atoms with van der Waals surface area (Å²) in [7, 11) is 1.46. The maximum absolute atomic E-state index is 11.3. The second-order valence-corrected chi connectivity index (χ2v) is 2.58. The zero-order valence-electron chi connectivity index (χ0n) is 8.33. The van der Waals surface area contributed by atoms with Crippen molar-refractivity contribution in [2.24, 2.45) is 0 Å². The summed E-state index contributed by atoms with van der Waals surface area (Å²) in [6.07, 6.45) is -0.0982. The predicted molar refractivity (Wildman–Crippen MR) is 47.3 cm³/mol. The monoisotopic (exact) mass is 188 g/mol. The topological polar surface area (TPSA) is 52.6 Å². The van der Waals surface area contributed by atoms with Crippen molar-refractivity contribution in [1.82, 2.24) is 0 Å². The Bertz CT molecular complexity index is 172. The molecular weight excluding hydrogens is 172 g/mol. The highest BCUT2D eigenvalue weighted by Gasteiger charge is 2.19. The summed E-state index contributed by atoms with van der Waals surface area (Å²) in [4.78, 5) is 22.2. The largest absolute Gasteiger partial charge is 0.466 e. The molecule has 0 aromatic rings. The Hall–Kier alpha value is -0.900. The van der Waals surface area contributed by atoms with Crippen molar-refractivity contribution in [3.05, 3.63) is 0 Å². The van der Waals surface area contributed by atoms with Crippen LogP contribution in [-0.4, -0.2) is 31.6 Å². The number of carbonyl (C=O) groups is 2. The van der Waals surface area contributed by atoms with Gasteiger partial charge in [-0.1, -0.05) is 6.92 Å². The van der Waals surface area contributed by atoms with Gasteiger partial charge in [0.2, 0.25) is 0 Å². The molecule has 0 aromatic carbocycles. The van der Waals surface area contributed by atoms with E-state index in [1.54, 1.807) is 6.92 Å². The van der Waals surface area contributed by atoms with E-state index in [2.05, 4.69) is 4.74 Å². The Morgan fingerprint density at radius 2 is 1.92 bits per heavy atom. The van der Waals surface area contributed by atoms with E-state index in [1.807, 2.05) is 6.92 Å². The van der Waals surface area contributed by atoms with Crippen LogP contribution in [0.15, 0.2) is 0 Å². The van der Waals surface area contributed by atoms with Crippen LogP contribution in [0.1, 0.15) is 26.7 Å². The van der Waals surface area contributed by atoms with Crippen molar-refractivity contribution in [3.63, 3.8) is 0 Å². The molecule has 0 amide bonds. The summed E-state index contributed by atoms with van der Waals surface area (Å²) < 4.78 is 9.52. The normalized spacial score (nSPS) is 12.2. The van der Waals surface area contributed by atoms with Crippen molar-refractivity contribution < 1.29 is 19.1 Å². The zero-order chi connectivity index (χ0) is 10.3. The second-order valence-electron chi connectivity index (χ2n) is 2.58. The number of carbonyl (C=O) groups excluding carboxylic acids is 2. The number of hydrogen-bond donors (Lipinski definition) is 0. The minimum Gasteiger partial charge on any atom is -0.466 e. The van der Waals surface area contributed by atoms with Gasteiger partial charge in [-0.15, -0.1) is 0 Å². The van der Waals surface area contributed by atoms with Gasteiger partial charge in [-0.3, -0.25) is 9.59 Å². The first-order chi connectivity index (χ1) is 6.15. The van der Waals surface area contributed by atoms with Gasteiger partial charge in [0.05, 0.1) is 6.61 Å². The molecule has 0 radical (unpaired) electrons. The number of ketones is 1. The van der Waals surface area contributed by atoms with Crippen molar-refractivity contribution in [2.75, 3.05) is 13.7 Å². The second kappa shape index (κ2) is 6.60. The van der Waals surface area contributed by atoms with E-state index in [-0.39, 0.29) is 12.2 Å². The van der Waals surface area contributed by atoms with Crippen LogP contribution in [0.5, 0.6) is 0 Å². The van der Waals surface area contributed by atoms with Crippen LogP contribution < -0.4 is 0 Å². The molecule has 1 unspecified atom stereocenters. The highest BCUT2D eigenvalue weighted by atomic mass is 16.5. The first-order valence-electron chi connectivity index (χ1n) is 4.36. The molecule has 0 aromatic heterocycles. The maximum Gasteiger partial charge on any atom is 0.313 e. The van der Waals surface area contributed by atoms with E-state index in [0.29, 0.717) is 13.0 Å². The van der Waals surface area contributed by atoms with E-state index < -0.39 is 12.1 Å². The van der Waals surface area contributed by atoms with E-state index in [9.17, 15) is 9.59 Å². The van der Waals surface area contributed by atoms with E-state index in [1.165, 1.54) is 7.11 Å². The molecule has 4 nitrogen and oxygen atoms in total. The highest BCUT2D eigenvalue weighted by Crippen LogP contribution is 2.02. The molecule has 0 bridgehead atoms. The molecule has 0 saturated carbocycles. The van der Waals surface area contributed by atoms with E-state index >= 15 is 0 Å². The smallest absolute Gasteiger partial charge is 0.313 e. The summed E-state index contributed by atoms with van der Waals surface area (Å²) in [5, 5.41) is 0. The number of hydrogen-bond acceptors (Lipinski definition) is 4. The van der Waals surface area contributed by atoms with Gasteiger partial charge in [0.25, 0.3) is 0 Å². The molecule has 0 aliphatic heterocycles. The van der Waals surface area contributed by atoms with Gasteiger partial charge >= 0.3 is 5.97 Å². The third-order valence-corrected chi connectivity index (χ3v) is 1.64. The Morgan fingerprint density at radius 1 is 1.31 bits per heavy atom. The van der Waals surface area contributed by atoms with Crippen LogP contribution >= 0.6 is 0 Å². The molecule has 13 heavy (non-hydrogen) atoms. The lowest BCUT2D eigenvalue weighted by Crippen LogP contribution is -2.25. The molecule has 0 saturated heterocycles. The van der Waals surface area contributed by atoms with Gasteiger partial charge in [-0.25, -0.2) is 0 Å². The number of Topliss-reactive ketones (excluding diaryl/α,β-unsaturated/α-hetero) is 1. The lowest BCUT2D eigenvalue weighted by molar-refractivity contribution is -0.147. The third-order valence-electron chi connectivity index (χ3n) is 1.64. The molecule has 0 rings (SSSR count). The van der Waals surface area contributed by atoms with Crippen molar-refractivity contribution >= 4 is 11.8 Å². The quantitative estimate of drug-likeness (QED) is 0.459. The molecule has 76 valence electrons. The van der Waals surface area contributed by atoms with Crippen LogP contribution in [-0.2, 0) is 19.1 Å². The SMILES string of the molecule is CCOC(=O)CC(=O)C(CC)OC. The van der Waals surface area contributed by atoms with Crippen LogP contribution in [0.25, 0.3) is 0 Å². The Labute approximate surface area is 78.2 Å². The molecular formula is C9H16O4. The summed E-state index contributed by atoms with van der Waals surface area (Å²) >= 11 is 0. The van der Waals surface area contributed by atoms with Crippen LogP contribution in [0.4, 0.5) is 0 Å². The van der Waals surface area contributed by atoms with Gasteiger partial charge < -0.3 is 9.47 Å². The molecule has 0 spiro atoms. The average Bonchev–Trinajstić information content (AvgIpc) is 2.06. The first kappa shape index (κ1) is 12.1. The third kappa shape index (κ3) is 4.62. The van der Waals surface area contributed by atoms with Gasteiger partial charge in [-0.2, -0.15) is 0 Å². The van der Waals surface area contributed by atoms with Crippen molar-refractivity contribution in [3.8, 4) is 0 Å².